The molecule has 5 aliphatic carbocycles. The quantitative estimate of drug-likeness (QED) is 0.578. The minimum absolute atomic E-state index is 0.0269. The maximum Gasteiger partial charge on any atom is 0.210 e. The van der Waals surface area contributed by atoms with E-state index in [1.54, 1.807) is 0 Å². The SMILES string of the molecule is COC1(OC)[C@@]2(Cl)C3C(O)C4C5CC3[C@]1(Cl)[C@@]5(O)C42. The molecule has 0 aliphatic heterocycles. The third-order valence-electron chi connectivity index (χ3n) is 7.18. The summed E-state index contributed by atoms with van der Waals surface area (Å²) in [6, 6.07) is 0. The van der Waals surface area contributed by atoms with Gasteiger partial charge in [-0.15, -0.1) is 23.2 Å². The number of hydrogen-bond acceptors (Lipinski definition) is 4. The van der Waals surface area contributed by atoms with E-state index in [-0.39, 0.29) is 29.6 Å². The zero-order chi connectivity index (χ0) is 13.6. The van der Waals surface area contributed by atoms with Gasteiger partial charge < -0.3 is 19.7 Å². The summed E-state index contributed by atoms with van der Waals surface area (Å²) in [5.74, 6) is -1.59. The van der Waals surface area contributed by atoms with Crippen LogP contribution >= 0.6 is 23.2 Å². The van der Waals surface area contributed by atoms with Crippen molar-refractivity contribution >= 4 is 23.2 Å². The van der Waals surface area contributed by atoms with Crippen molar-refractivity contribution in [2.75, 3.05) is 14.2 Å². The van der Waals surface area contributed by atoms with Gasteiger partial charge >= 0.3 is 0 Å². The fourth-order valence-electron chi connectivity index (χ4n) is 7.06. The Balaban J connectivity index is 1.89. The summed E-state index contributed by atoms with van der Waals surface area (Å²) in [5, 5.41) is 21.8. The molecule has 5 aliphatic rings. The van der Waals surface area contributed by atoms with Crippen LogP contribution in [0.15, 0.2) is 0 Å². The summed E-state index contributed by atoms with van der Waals surface area (Å²) >= 11 is 13.9. The zero-order valence-corrected chi connectivity index (χ0v) is 12.1. The van der Waals surface area contributed by atoms with Gasteiger partial charge in [0, 0.05) is 26.1 Å². The lowest BCUT2D eigenvalue weighted by atomic mass is 9.55. The Kier molecular flexibility index (Phi) is 1.71. The molecule has 0 amide bonds. The van der Waals surface area contributed by atoms with Gasteiger partial charge in [-0.3, -0.25) is 0 Å². The van der Waals surface area contributed by atoms with Gasteiger partial charge in [0.05, 0.1) is 11.7 Å². The second-order valence-corrected chi connectivity index (χ2v) is 8.07. The number of alkyl halides is 2. The maximum atomic E-state index is 11.2. The molecule has 4 nitrogen and oxygen atoms in total. The molecule has 2 bridgehead atoms. The molecule has 2 N–H and O–H groups in total. The van der Waals surface area contributed by atoms with Crippen molar-refractivity contribution < 1.29 is 19.7 Å². The molecule has 0 aromatic heterocycles. The Bertz CT molecular complexity index is 511. The first kappa shape index (κ1) is 12.0. The first-order chi connectivity index (χ1) is 8.88. The van der Waals surface area contributed by atoms with Crippen LogP contribution in [-0.2, 0) is 9.47 Å². The molecule has 19 heavy (non-hydrogen) atoms. The van der Waals surface area contributed by atoms with Crippen LogP contribution in [0, 0.1) is 29.6 Å². The molecule has 5 fully saturated rings. The molecule has 9 atom stereocenters. The number of halogens is 2. The van der Waals surface area contributed by atoms with E-state index in [0.29, 0.717) is 0 Å². The largest absolute Gasteiger partial charge is 0.392 e. The monoisotopic (exact) mass is 306 g/mol. The van der Waals surface area contributed by atoms with Crippen LogP contribution in [0.25, 0.3) is 0 Å². The molecular formula is C13H16Cl2O4. The van der Waals surface area contributed by atoms with E-state index in [1.807, 2.05) is 0 Å². The van der Waals surface area contributed by atoms with E-state index in [2.05, 4.69) is 0 Å². The Hall–Kier alpha value is 0.420. The van der Waals surface area contributed by atoms with E-state index in [1.165, 1.54) is 14.2 Å². The van der Waals surface area contributed by atoms with Gasteiger partial charge in [0.2, 0.25) is 5.79 Å². The molecule has 5 rings (SSSR count). The third-order valence-corrected chi connectivity index (χ3v) is 8.75. The first-order valence-corrected chi connectivity index (χ1v) is 7.52. The van der Waals surface area contributed by atoms with Crippen molar-refractivity contribution in [2.24, 2.45) is 29.6 Å². The van der Waals surface area contributed by atoms with Crippen LogP contribution < -0.4 is 0 Å². The summed E-state index contributed by atoms with van der Waals surface area (Å²) in [5.41, 5.74) is -1.06. The predicted molar refractivity (Wildman–Crippen MR) is 66.9 cm³/mol. The summed E-state index contributed by atoms with van der Waals surface area (Å²) in [7, 11) is 3.05. The Morgan fingerprint density at radius 1 is 1.16 bits per heavy atom. The Morgan fingerprint density at radius 3 is 2.37 bits per heavy atom. The molecule has 0 aromatic rings. The van der Waals surface area contributed by atoms with E-state index in [9.17, 15) is 10.2 Å². The van der Waals surface area contributed by atoms with Crippen LogP contribution in [0.1, 0.15) is 6.42 Å². The maximum absolute atomic E-state index is 11.2. The molecule has 0 spiro atoms. The highest BCUT2D eigenvalue weighted by molar-refractivity contribution is 6.33. The average molecular weight is 307 g/mol. The van der Waals surface area contributed by atoms with Crippen molar-refractivity contribution in [2.45, 2.75) is 33.7 Å². The second-order valence-electron chi connectivity index (χ2n) is 6.85. The average Bonchev–Trinajstić information content (AvgIpc) is 2.67. The molecule has 0 heterocycles. The molecule has 0 aromatic carbocycles. The summed E-state index contributed by atoms with van der Waals surface area (Å²) in [4.78, 5) is -1.96. The number of rotatable bonds is 2. The summed E-state index contributed by atoms with van der Waals surface area (Å²) < 4.78 is 11.3. The van der Waals surface area contributed by atoms with Gasteiger partial charge in [-0.25, -0.2) is 0 Å². The molecule has 5 saturated carbocycles. The normalized spacial score (nSPS) is 72.9. The van der Waals surface area contributed by atoms with Crippen LogP contribution in [0.4, 0.5) is 0 Å². The third kappa shape index (κ3) is 0.650. The van der Waals surface area contributed by atoms with Crippen LogP contribution in [0.2, 0.25) is 0 Å². The fourth-order valence-corrected chi connectivity index (χ4v) is 8.79. The van der Waals surface area contributed by atoms with Crippen molar-refractivity contribution in [3.63, 3.8) is 0 Å². The molecular weight excluding hydrogens is 291 g/mol. The zero-order valence-electron chi connectivity index (χ0n) is 10.6. The number of hydrogen-bond donors (Lipinski definition) is 2. The predicted octanol–water partition coefficient (Wildman–Crippen LogP) is 0.562. The summed E-state index contributed by atoms with van der Waals surface area (Å²) in [6.07, 6.45) is 0.311. The first-order valence-electron chi connectivity index (χ1n) is 6.76. The molecule has 0 radical (unpaired) electrons. The molecule has 6 heteroatoms. The van der Waals surface area contributed by atoms with Gasteiger partial charge in [0.25, 0.3) is 0 Å². The van der Waals surface area contributed by atoms with Gasteiger partial charge in [-0.2, -0.15) is 0 Å². The van der Waals surface area contributed by atoms with Crippen molar-refractivity contribution in [1.29, 1.82) is 0 Å². The van der Waals surface area contributed by atoms with Crippen molar-refractivity contribution in [3.05, 3.63) is 0 Å². The van der Waals surface area contributed by atoms with Crippen molar-refractivity contribution in [1.82, 2.24) is 0 Å². The fraction of sp³-hybridized carbons (Fsp3) is 1.00. The minimum Gasteiger partial charge on any atom is -0.392 e. The Labute approximate surface area is 121 Å². The summed E-state index contributed by atoms with van der Waals surface area (Å²) in [6.45, 7) is 0. The number of fused-ring (bicyclic) bond motifs is 2. The highest BCUT2D eigenvalue weighted by Gasteiger charge is 3.05. The van der Waals surface area contributed by atoms with Crippen LogP contribution in [0.5, 0.6) is 0 Å². The highest BCUT2D eigenvalue weighted by Crippen LogP contribution is 2.92. The van der Waals surface area contributed by atoms with E-state index in [0.717, 1.165) is 6.42 Å². The number of methoxy groups -OCH3 is 2. The lowest BCUT2D eigenvalue weighted by molar-refractivity contribution is -0.238. The standard InChI is InChI=1S/C13H16Cl2O4/c1-18-13(19-2)10(14)7-5-3-4-6(8(7)16)9(10)11(4,17)12(5,13)15/h4-9,16-17H,3H2,1-2H3/t4?,5?,6?,7?,8?,9?,10-,11+,12+/m1/s1. The molecule has 0 saturated heterocycles. The number of aliphatic hydroxyl groups excluding tert-OH is 1. The van der Waals surface area contributed by atoms with E-state index >= 15 is 0 Å². The van der Waals surface area contributed by atoms with Gasteiger partial charge in [-0.05, 0) is 24.2 Å². The van der Waals surface area contributed by atoms with Crippen LogP contribution in [-0.4, -0.2) is 51.7 Å². The Morgan fingerprint density at radius 2 is 1.79 bits per heavy atom. The molecule has 106 valence electrons. The topological polar surface area (TPSA) is 58.9 Å². The lowest BCUT2D eigenvalue weighted by Crippen LogP contribution is -2.67. The lowest BCUT2D eigenvalue weighted by Gasteiger charge is -2.54. The molecule has 6 unspecified atom stereocenters. The second kappa shape index (κ2) is 2.71. The minimum atomic E-state index is -1.22. The van der Waals surface area contributed by atoms with E-state index in [4.69, 9.17) is 32.7 Å². The number of aliphatic hydroxyl groups is 2. The van der Waals surface area contributed by atoms with Crippen molar-refractivity contribution in [3.8, 4) is 0 Å². The van der Waals surface area contributed by atoms with Gasteiger partial charge in [-0.1, -0.05) is 0 Å². The number of ether oxygens (including phenoxy) is 2. The van der Waals surface area contributed by atoms with Gasteiger partial charge in [0.1, 0.15) is 9.75 Å². The van der Waals surface area contributed by atoms with Gasteiger partial charge in [0.15, 0.2) is 0 Å². The smallest absolute Gasteiger partial charge is 0.210 e. The highest BCUT2D eigenvalue weighted by atomic mass is 35.5. The van der Waals surface area contributed by atoms with E-state index < -0.39 is 27.2 Å². The van der Waals surface area contributed by atoms with Crippen LogP contribution in [0.3, 0.4) is 0 Å².